The Kier molecular flexibility index (Phi) is 7.24. The zero-order chi connectivity index (χ0) is 27.0. The Labute approximate surface area is 222 Å². The highest BCUT2D eigenvalue weighted by atomic mass is 32.1. The van der Waals surface area contributed by atoms with Crippen LogP contribution in [0, 0.1) is 6.92 Å². The van der Waals surface area contributed by atoms with Crippen molar-refractivity contribution in [3.63, 3.8) is 0 Å². The number of rotatable bonds is 5. The molecule has 0 unspecified atom stereocenters. The molecule has 1 aromatic heterocycles. The predicted octanol–water partition coefficient (Wildman–Crippen LogP) is 7.66. The Morgan fingerprint density at radius 2 is 1.49 bits per heavy atom. The monoisotopic (exact) mass is 514 g/mol. The lowest BCUT2D eigenvalue weighted by atomic mass is 9.79. The number of carbonyl (C=O) groups excluding carboxylic acids is 2. The molecule has 0 fully saturated rings. The van der Waals surface area contributed by atoms with Gasteiger partial charge in [-0.1, -0.05) is 53.7 Å². The van der Waals surface area contributed by atoms with Gasteiger partial charge < -0.3 is 10.1 Å². The minimum absolute atomic E-state index is 0.121. The first-order chi connectivity index (χ1) is 17.3. The Morgan fingerprint density at radius 3 is 2.08 bits per heavy atom. The number of aryl methyl sites for hydroxylation is 1. The van der Waals surface area contributed by atoms with Gasteiger partial charge in [-0.2, -0.15) is 0 Å². The van der Waals surface area contributed by atoms with E-state index in [-0.39, 0.29) is 23.3 Å². The molecule has 4 rings (SSSR count). The fraction of sp³-hybridized carbons (Fsp3) is 0.323. The van der Waals surface area contributed by atoms with Crippen molar-refractivity contribution in [1.82, 2.24) is 4.98 Å². The van der Waals surface area contributed by atoms with Crippen LogP contribution in [-0.4, -0.2) is 23.5 Å². The standard InChI is InChI=1S/C31H34N2O3S/c1-19-8-13-25-26(14-19)37-28(33-25)20-9-11-24(12-10-20)32-27(34)18-36-29(35)21-15-22(30(2,3)4)17-23(16-21)31(5,6)7/h8-17H,18H2,1-7H3,(H,32,34). The average molecular weight is 515 g/mol. The maximum Gasteiger partial charge on any atom is 0.338 e. The van der Waals surface area contributed by atoms with Crippen molar-refractivity contribution < 1.29 is 14.3 Å². The van der Waals surface area contributed by atoms with Crippen LogP contribution in [0.4, 0.5) is 5.69 Å². The average Bonchev–Trinajstić information content (AvgIpc) is 3.25. The number of benzene rings is 3. The van der Waals surface area contributed by atoms with Crippen LogP contribution in [0.5, 0.6) is 0 Å². The Hall–Kier alpha value is -3.51. The number of hydrogen-bond acceptors (Lipinski definition) is 5. The van der Waals surface area contributed by atoms with Gasteiger partial charge in [-0.3, -0.25) is 4.79 Å². The van der Waals surface area contributed by atoms with Crippen LogP contribution >= 0.6 is 11.3 Å². The van der Waals surface area contributed by atoms with E-state index in [1.807, 2.05) is 42.5 Å². The number of carbonyl (C=O) groups is 2. The third-order valence-corrected chi connectivity index (χ3v) is 7.26. The number of fused-ring (bicyclic) bond motifs is 1. The van der Waals surface area contributed by atoms with Crippen molar-refractivity contribution in [3.8, 4) is 10.6 Å². The van der Waals surface area contributed by atoms with Gasteiger partial charge in [0.2, 0.25) is 0 Å². The second-order valence-corrected chi connectivity index (χ2v) is 12.5. The summed E-state index contributed by atoms with van der Waals surface area (Å²) in [7, 11) is 0. The Balaban J connectivity index is 1.40. The number of ether oxygens (including phenoxy) is 1. The third-order valence-electron chi connectivity index (χ3n) is 6.19. The van der Waals surface area contributed by atoms with Gasteiger partial charge in [0.25, 0.3) is 5.91 Å². The van der Waals surface area contributed by atoms with E-state index in [9.17, 15) is 9.59 Å². The number of amides is 1. The summed E-state index contributed by atoms with van der Waals surface area (Å²) < 4.78 is 6.52. The molecule has 1 heterocycles. The minimum atomic E-state index is -0.506. The van der Waals surface area contributed by atoms with E-state index in [0.29, 0.717) is 11.3 Å². The van der Waals surface area contributed by atoms with E-state index in [1.54, 1.807) is 11.3 Å². The number of thiazole rings is 1. The molecule has 192 valence electrons. The summed E-state index contributed by atoms with van der Waals surface area (Å²) in [6, 6.07) is 19.6. The molecule has 0 saturated carbocycles. The van der Waals surface area contributed by atoms with Gasteiger partial charge in [0.1, 0.15) is 5.01 Å². The second-order valence-electron chi connectivity index (χ2n) is 11.5. The van der Waals surface area contributed by atoms with Crippen LogP contribution in [0.1, 0.15) is 68.6 Å². The molecule has 6 heteroatoms. The van der Waals surface area contributed by atoms with Crippen molar-refractivity contribution in [2.75, 3.05) is 11.9 Å². The number of anilines is 1. The van der Waals surface area contributed by atoms with Crippen LogP contribution in [-0.2, 0) is 20.4 Å². The highest BCUT2D eigenvalue weighted by molar-refractivity contribution is 7.21. The zero-order valence-electron chi connectivity index (χ0n) is 22.6. The van der Waals surface area contributed by atoms with Gasteiger partial charge >= 0.3 is 5.97 Å². The van der Waals surface area contributed by atoms with Crippen LogP contribution in [0.2, 0.25) is 0 Å². The molecule has 0 aliphatic rings. The summed E-state index contributed by atoms with van der Waals surface area (Å²) in [5.74, 6) is -0.896. The molecule has 0 radical (unpaired) electrons. The highest BCUT2D eigenvalue weighted by Gasteiger charge is 2.23. The molecule has 0 saturated heterocycles. The van der Waals surface area contributed by atoms with E-state index in [1.165, 1.54) is 5.56 Å². The SMILES string of the molecule is Cc1ccc2nc(-c3ccc(NC(=O)COC(=O)c4cc(C(C)(C)C)cc(C(C)(C)C)c4)cc3)sc2c1. The molecule has 1 N–H and O–H groups in total. The molecular weight excluding hydrogens is 480 g/mol. The fourth-order valence-corrected chi connectivity index (χ4v) is 4.94. The second kappa shape index (κ2) is 10.1. The molecule has 37 heavy (non-hydrogen) atoms. The van der Waals surface area contributed by atoms with Gasteiger partial charge in [-0.25, -0.2) is 9.78 Å². The number of nitrogens with zero attached hydrogens (tertiary/aromatic N) is 1. The van der Waals surface area contributed by atoms with Gasteiger partial charge in [0, 0.05) is 11.3 Å². The minimum Gasteiger partial charge on any atom is -0.452 e. The summed E-state index contributed by atoms with van der Waals surface area (Å²) in [6.07, 6.45) is 0. The van der Waals surface area contributed by atoms with Gasteiger partial charge in [-0.15, -0.1) is 11.3 Å². The van der Waals surface area contributed by atoms with Gasteiger partial charge in [-0.05, 0) is 83.0 Å². The maximum absolute atomic E-state index is 12.8. The normalized spacial score (nSPS) is 12.0. The highest BCUT2D eigenvalue weighted by Crippen LogP contribution is 2.32. The smallest absolute Gasteiger partial charge is 0.338 e. The van der Waals surface area contributed by atoms with Crippen LogP contribution in [0.25, 0.3) is 20.8 Å². The Morgan fingerprint density at radius 1 is 0.865 bits per heavy atom. The molecule has 0 aliphatic heterocycles. The molecule has 3 aromatic carbocycles. The summed E-state index contributed by atoms with van der Waals surface area (Å²) in [4.78, 5) is 30.1. The lowest BCUT2D eigenvalue weighted by Crippen LogP contribution is -2.22. The van der Waals surface area contributed by atoms with Crippen molar-refractivity contribution >= 4 is 39.1 Å². The summed E-state index contributed by atoms with van der Waals surface area (Å²) >= 11 is 1.64. The summed E-state index contributed by atoms with van der Waals surface area (Å²) in [6.45, 7) is 14.4. The number of aromatic nitrogens is 1. The topological polar surface area (TPSA) is 68.3 Å². The molecule has 5 nitrogen and oxygen atoms in total. The number of esters is 1. The predicted molar refractivity (Wildman–Crippen MR) is 153 cm³/mol. The zero-order valence-corrected chi connectivity index (χ0v) is 23.4. The van der Waals surface area contributed by atoms with Crippen molar-refractivity contribution in [3.05, 3.63) is 82.9 Å². The van der Waals surface area contributed by atoms with Crippen molar-refractivity contribution in [2.45, 2.75) is 59.3 Å². The summed E-state index contributed by atoms with van der Waals surface area (Å²) in [5.41, 5.74) is 6.13. The number of hydrogen-bond donors (Lipinski definition) is 1. The van der Waals surface area contributed by atoms with E-state index in [4.69, 9.17) is 9.72 Å². The molecule has 0 aliphatic carbocycles. The van der Waals surface area contributed by atoms with E-state index in [2.05, 4.69) is 72.0 Å². The van der Waals surface area contributed by atoms with Crippen molar-refractivity contribution in [2.24, 2.45) is 0 Å². The van der Waals surface area contributed by atoms with E-state index in [0.717, 1.165) is 31.9 Å². The Bertz CT molecular complexity index is 1420. The molecule has 0 bridgehead atoms. The first-order valence-corrected chi connectivity index (χ1v) is 13.2. The third kappa shape index (κ3) is 6.44. The lowest BCUT2D eigenvalue weighted by molar-refractivity contribution is -0.119. The van der Waals surface area contributed by atoms with E-state index < -0.39 is 5.97 Å². The van der Waals surface area contributed by atoms with Gasteiger partial charge in [0.15, 0.2) is 6.61 Å². The largest absolute Gasteiger partial charge is 0.452 e. The molecule has 4 aromatic rings. The summed E-state index contributed by atoms with van der Waals surface area (Å²) in [5, 5.41) is 3.73. The van der Waals surface area contributed by atoms with Crippen molar-refractivity contribution in [1.29, 1.82) is 0 Å². The first kappa shape index (κ1) is 26.6. The van der Waals surface area contributed by atoms with Crippen LogP contribution in [0.3, 0.4) is 0 Å². The van der Waals surface area contributed by atoms with Crippen LogP contribution in [0.15, 0.2) is 60.7 Å². The number of nitrogens with one attached hydrogen (secondary N) is 1. The maximum atomic E-state index is 12.8. The van der Waals surface area contributed by atoms with E-state index >= 15 is 0 Å². The first-order valence-electron chi connectivity index (χ1n) is 12.4. The molecular formula is C31H34N2O3S. The molecule has 0 atom stereocenters. The molecule has 0 spiro atoms. The molecule has 1 amide bonds. The van der Waals surface area contributed by atoms with Crippen LogP contribution < -0.4 is 5.32 Å². The fourth-order valence-electron chi connectivity index (χ4n) is 3.87. The lowest BCUT2D eigenvalue weighted by Gasteiger charge is -2.25. The van der Waals surface area contributed by atoms with Gasteiger partial charge in [0.05, 0.1) is 15.8 Å². The quantitative estimate of drug-likeness (QED) is 0.278.